The maximum Gasteiger partial charge on any atom is 0.308 e. The van der Waals surface area contributed by atoms with Gasteiger partial charge in [-0.2, -0.15) is 0 Å². The number of hydrogen-bond acceptors (Lipinski definition) is 4. The number of carboxylic acids is 1. The molecule has 0 bridgehead atoms. The van der Waals surface area contributed by atoms with E-state index in [-0.39, 0.29) is 17.5 Å². The van der Waals surface area contributed by atoms with E-state index >= 15 is 0 Å². The van der Waals surface area contributed by atoms with E-state index in [4.69, 9.17) is 5.11 Å². The summed E-state index contributed by atoms with van der Waals surface area (Å²) in [6, 6.07) is 4.45. The van der Waals surface area contributed by atoms with E-state index in [2.05, 4.69) is 38.3 Å². The van der Waals surface area contributed by atoms with Crippen LogP contribution in [0, 0.1) is 0 Å². The first-order valence-corrected chi connectivity index (χ1v) is 8.29. The highest BCUT2D eigenvalue weighted by Gasteiger charge is 2.37. The lowest BCUT2D eigenvalue weighted by molar-refractivity contribution is -0.136. The summed E-state index contributed by atoms with van der Waals surface area (Å²) >= 11 is 1.59. The minimum absolute atomic E-state index is 0.123. The van der Waals surface area contributed by atoms with Crippen LogP contribution < -0.4 is 10.6 Å². The van der Waals surface area contributed by atoms with Crippen molar-refractivity contribution in [1.29, 1.82) is 0 Å². The highest BCUT2D eigenvalue weighted by atomic mass is 32.1. The molecule has 4 nitrogen and oxygen atoms in total. The van der Waals surface area contributed by atoms with Crippen LogP contribution in [0.15, 0.2) is 12.1 Å². The second-order valence-corrected chi connectivity index (χ2v) is 8.57. The molecule has 0 aromatic carbocycles. The average molecular weight is 310 g/mol. The van der Waals surface area contributed by atoms with Gasteiger partial charge in [-0.3, -0.25) is 4.79 Å². The Kier molecular flexibility index (Phi) is 4.76. The highest BCUT2D eigenvalue weighted by Crippen LogP contribution is 2.29. The maximum atomic E-state index is 10.7. The van der Waals surface area contributed by atoms with Crippen LogP contribution >= 0.6 is 11.3 Å². The van der Waals surface area contributed by atoms with Crippen LogP contribution in [0.2, 0.25) is 0 Å². The number of rotatable bonds is 5. The molecule has 2 rings (SSSR count). The second kappa shape index (κ2) is 6.07. The van der Waals surface area contributed by atoms with Crippen molar-refractivity contribution in [2.75, 3.05) is 0 Å². The fourth-order valence-electron chi connectivity index (χ4n) is 3.47. The van der Waals surface area contributed by atoms with Crippen molar-refractivity contribution in [3.05, 3.63) is 21.9 Å². The van der Waals surface area contributed by atoms with Crippen molar-refractivity contribution < 1.29 is 9.90 Å². The van der Waals surface area contributed by atoms with Gasteiger partial charge in [0.05, 0.1) is 6.42 Å². The number of carboxylic acid groups (broad SMARTS) is 1. The Bertz CT molecular complexity index is 492. The van der Waals surface area contributed by atoms with Gasteiger partial charge >= 0.3 is 5.97 Å². The zero-order valence-electron chi connectivity index (χ0n) is 13.3. The standard InChI is InChI=1S/C16H26N2O2S/c1-15(2)8-11(9-16(3,4)18-15)17-10-13-6-5-12(21-13)7-14(19)20/h5-6,11,17-18H,7-10H2,1-4H3,(H,19,20). The molecule has 5 heteroatoms. The number of carbonyl (C=O) groups is 1. The molecule has 0 saturated carbocycles. The number of nitrogens with one attached hydrogen (secondary N) is 2. The van der Waals surface area contributed by atoms with Crippen molar-refractivity contribution in [3.8, 4) is 0 Å². The third-order valence-electron chi connectivity index (χ3n) is 3.80. The SMILES string of the molecule is CC1(C)CC(NCc2ccc(CC(=O)O)s2)CC(C)(C)N1. The number of hydrogen-bond donors (Lipinski definition) is 3. The van der Waals surface area contributed by atoms with E-state index in [1.165, 1.54) is 4.88 Å². The van der Waals surface area contributed by atoms with Crippen molar-refractivity contribution in [2.24, 2.45) is 0 Å². The van der Waals surface area contributed by atoms with Crippen LogP contribution in [0.3, 0.4) is 0 Å². The maximum absolute atomic E-state index is 10.7. The molecular formula is C16H26N2O2S. The number of thiophene rings is 1. The summed E-state index contributed by atoms with van der Waals surface area (Å²) < 4.78 is 0. The minimum atomic E-state index is -0.766. The zero-order valence-corrected chi connectivity index (χ0v) is 14.1. The molecule has 1 aromatic heterocycles. The summed E-state index contributed by atoms with van der Waals surface area (Å²) in [5, 5.41) is 16.1. The Balaban J connectivity index is 1.90. The van der Waals surface area contributed by atoms with Crippen molar-refractivity contribution >= 4 is 17.3 Å². The normalized spacial score (nSPS) is 21.3. The molecule has 0 radical (unpaired) electrons. The van der Waals surface area contributed by atoms with Gasteiger partial charge in [-0.1, -0.05) is 0 Å². The van der Waals surface area contributed by atoms with Crippen LogP contribution in [0.4, 0.5) is 0 Å². The largest absolute Gasteiger partial charge is 0.481 e. The van der Waals surface area contributed by atoms with Gasteiger partial charge < -0.3 is 15.7 Å². The summed E-state index contributed by atoms with van der Waals surface area (Å²) in [7, 11) is 0. The fraction of sp³-hybridized carbons (Fsp3) is 0.688. The Labute approximate surface area is 131 Å². The van der Waals surface area contributed by atoms with Crippen LogP contribution in [0.5, 0.6) is 0 Å². The molecule has 0 aliphatic carbocycles. The summed E-state index contributed by atoms with van der Waals surface area (Å²) in [6.45, 7) is 9.82. The van der Waals surface area contributed by atoms with Crippen LogP contribution in [-0.4, -0.2) is 28.2 Å². The summed E-state index contributed by atoms with van der Waals surface area (Å²) in [6.07, 6.45) is 2.33. The molecule has 0 unspecified atom stereocenters. The van der Waals surface area contributed by atoms with Gasteiger partial charge in [0.15, 0.2) is 0 Å². The lowest BCUT2D eigenvalue weighted by Gasteiger charge is -2.46. The predicted octanol–water partition coefficient (Wildman–Crippen LogP) is 2.77. The van der Waals surface area contributed by atoms with Gasteiger partial charge in [0, 0.05) is 33.4 Å². The second-order valence-electron chi connectivity index (χ2n) is 7.32. The van der Waals surface area contributed by atoms with Gasteiger partial charge in [0.2, 0.25) is 0 Å². The monoisotopic (exact) mass is 310 g/mol. The predicted molar refractivity (Wildman–Crippen MR) is 86.8 cm³/mol. The Morgan fingerprint density at radius 3 is 2.43 bits per heavy atom. The van der Waals surface area contributed by atoms with E-state index in [1.54, 1.807) is 11.3 Å². The molecule has 2 heterocycles. The average Bonchev–Trinajstić information content (AvgIpc) is 2.69. The third-order valence-corrected chi connectivity index (χ3v) is 4.88. The third kappa shape index (κ3) is 5.09. The molecular weight excluding hydrogens is 284 g/mol. The molecule has 0 atom stereocenters. The Hall–Kier alpha value is -0.910. The summed E-state index contributed by atoms with van der Waals surface area (Å²) in [5.74, 6) is -0.766. The smallest absolute Gasteiger partial charge is 0.308 e. The molecule has 1 aliphatic rings. The van der Waals surface area contributed by atoms with Crippen LogP contribution in [0.1, 0.15) is 50.3 Å². The van der Waals surface area contributed by atoms with E-state index < -0.39 is 5.97 Å². The van der Waals surface area contributed by atoms with Gasteiger partial charge in [-0.25, -0.2) is 0 Å². The molecule has 0 amide bonds. The topological polar surface area (TPSA) is 61.4 Å². The molecule has 0 spiro atoms. The lowest BCUT2D eigenvalue weighted by Crippen LogP contribution is -2.61. The highest BCUT2D eigenvalue weighted by molar-refractivity contribution is 7.12. The first-order valence-electron chi connectivity index (χ1n) is 7.47. The molecule has 118 valence electrons. The summed E-state index contributed by atoms with van der Waals surface area (Å²) in [5.41, 5.74) is 0.284. The molecule has 1 fully saturated rings. The van der Waals surface area contributed by atoms with Gasteiger partial charge in [0.25, 0.3) is 0 Å². The van der Waals surface area contributed by atoms with E-state index in [0.717, 1.165) is 24.3 Å². The molecule has 21 heavy (non-hydrogen) atoms. The number of aliphatic carboxylic acids is 1. The Morgan fingerprint density at radius 2 is 1.86 bits per heavy atom. The Morgan fingerprint density at radius 1 is 1.29 bits per heavy atom. The van der Waals surface area contributed by atoms with Crippen molar-refractivity contribution in [2.45, 2.75) is 70.6 Å². The van der Waals surface area contributed by atoms with Crippen molar-refractivity contribution in [1.82, 2.24) is 10.6 Å². The van der Waals surface area contributed by atoms with Crippen LogP contribution in [0.25, 0.3) is 0 Å². The quantitative estimate of drug-likeness (QED) is 0.782. The van der Waals surface area contributed by atoms with Gasteiger partial charge in [-0.05, 0) is 52.7 Å². The van der Waals surface area contributed by atoms with E-state index in [1.807, 2.05) is 12.1 Å². The molecule has 1 aromatic rings. The van der Waals surface area contributed by atoms with Crippen LogP contribution in [-0.2, 0) is 17.8 Å². The zero-order chi connectivity index (χ0) is 15.7. The first kappa shape index (κ1) is 16.5. The minimum Gasteiger partial charge on any atom is -0.481 e. The number of piperidine rings is 1. The van der Waals surface area contributed by atoms with Gasteiger partial charge in [-0.15, -0.1) is 11.3 Å². The van der Waals surface area contributed by atoms with E-state index in [0.29, 0.717) is 6.04 Å². The van der Waals surface area contributed by atoms with E-state index in [9.17, 15) is 4.79 Å². The first-order chi connectivity index (χ1) is 9.65. The fourth-order valence-corrected chi connectivity index (χ4v) is 4.43. The van der Waals surface area contributed by atoms with Crippen molar-refractivity contribution in [3.63, 3.8) is 0 Å². The summed E-state index contributed by atoms with van der Waals surface area (Å²) in [4.78, 5) is 12.8. The lowest BCUT2D eigenvalue weighted by atomic mass is 9.79. The van der Waals surface area contributed by atoms with Gasteiger partial charge in [0.1, 0.15) is 0 Å². The molecule has 1 aliphatic heterocycles. The molecule has 3 N–H and O–H groups in total. The molecule has 1 saturated heterocycles.